The molecule has 108 valence electrons. The third-order valence-corrected chi connectivity index (χ3v) is 3.06. The van der Waals surface area contributed by atoms with Gasteiger partial charge in [0, 0.05) is 6.54 Å². The summed E-state index contributed by atoms with van der Waals surface area (Å²) in [7, 11) is 0. The van der Waals surface area contributed by atoms with Crippen LogP contribution in [0.2, 0.25) is 0 Å². The summed E-state index contributed by atoms with van der Waals surface area (Å²) in [6.07, 6.45) is 2.18. The first kappa shape index (κ1) is 14.2. The molecule has 0 radical (unpaired) electrons. The Bertz CT molecular complexity index is 543. The van der Waals surface area contributed by atoms with E-state index in [0.717, 1.165) is 25.0 Å². The molecule has 0 spiro atoms. The van der Waals surface area contributed by atoms with Gasteiger partial charge in [0.2, 0.25) is 0 Å². The predicted molar refractivity (Wildman–Crippen MR) is 70.2 cm³/mol. The van der Waals surface area contributed by atoms with E-state index in [1.807, 2.05) is 0 Å². The van der Waals surface area contributed by atoms with Gasteiger partial charge in [0.05, 0.1) is 23.3 Å². The number of rotatable bonds is 6. The molecule has 0 bridgehead atoms. The minimum atomic E-state index is -0.825. The molecule has 1 saturated carbocycles. The summed E-state index contributed by atoms with van der Waals surface area (Å²) >= 11 is 0. The van der Waals surface area contributed by atoms with Gasteiger partial charge in [0.25, 0.3) is 5.69 Å². The molecule has 1 aliphatic carbocycles. The van der Waals surface area contributed by atoms with Crippen LogP contribution in [0.25, 0.3) is 0 Å². The fourth-order valence-electron chi connectivity index (χ4n) is 1.80. The maximum absolute atomic E-state index is 13.8. The number of halogens is 1. The van der Waals surface area contributed by atoms with E-state index in [-0.39, 0.29) is 17.9 Å². The number of nitro groups is 1. The third kappa shape index (κ3) is 3.23. The molecule has 0 aromatic heterocycles. The first-order chi connectivity index (χ1) is 9.52. The van der Waals surface area contributed by atoms with Gasteiger partial charge in [-0.2, -0.15) is 0 Å². The van der Waals surface area contributed by atoms with Crippen LogP contribution in [0.5, 0.6) is 0 Å². The molecule has 1 aromatic carbocycles. The third-order valence-electron chi connectivity index (χ3n) is 3.06. The molecule has 0 unspecified atom stereocenters. The van der Waals surface area contributed by atoms with E-state index in [1.165, 1.54) is 0 Å². The fourth-order valence-corrected chi connectivity index (χ4v) is 1.80. The SMILES string of the molecule is CCOC(=O)c1cc(NCC2CC2)c(F)cc1[N+](=O)[O-]. The van der Waals surface area contributed by atoms with Crippen molar-refractivity contribution in [3.05, 3.63) is 33.6 Å². The van der Waals surface area contributed by atoms with Crippen molar-refractivity contribution in [1.29, 1.82) is 0 Å². The van der Waals surface area contributed by atoms with E-state index in [9.17, 15) is 19.3 Å². The first-order valence-electron chi connectivity index (χ1n) is 6.41. The largest absolute Gasteiger partial charge is 0.462 e. The van der Waals surface area contributed by atoms with E-state index < -0.39 is 22.4 Å². The number of benzene rings is 1. The smallest absolute Gasteiger partial charge is 0.345 e. The zero-order valence-corrected chi connectivity index (χ0v) is 11.0. The Balaban J connectivity index is 2.31. The zero-order chi connectivity index (χ0) is 14.7. The number of esters is 1. The lowest BCUT2D eigenvalue weighted by atomic mass is 10.1. The van der Waals surface area contributed by atoms with Crippen LogP contribution >= 0.6 is 0 Å². The summed E-state index contributed by atoms with van der Waals surface area (Å²) in [6.45, 7) is 2.29. The fraction of sp³-hybridized carbons (Fsp3) is 0.462. The van der Waals surface area contributed by atoms with Crippen LogP contribution in [0, 0.1) is 21.8 Å². The normalized spacial score (nSPS) is 13.9. The van der Waals surface area contributed by atoms with Crippen LogP contribution in [0.15, 0.2) is 12.1 Å². The number of anilines is 1. The van der Waals surface area contributed by atoms with Gasteiger partial charge in [-0.1, -0.05) is 0 Å². The highest BCUT2D eigenvalue weighted by atomic mass is 19.1. The number of nitrogens with one attached hydrogen (secondary N) is 1. The van der Waals surface area contributed by atoms with Crippen LogP contribution in [-0.2, 0) is 4.74 Å². The summed E-state index contributed by atoms with van der Waals surface area (Å²) in [5, 5.41) is 13.8. The van der Waals surface area contributed by atoms with Gasteiger partial charge in [-0.15, -0.1) is 0 Å². The Morgan fingerprint density at radius 3 is 2.80 bits per heavy atom. The van der Waals surface area contributed by atoms with E-state index in [0.29, 0.717) is 12.5 Å². The standard InChI is InChI=1S/C13H15FN2O4/c1-2-20-13(17)9-5-11(15-7-8-3-4-8)10(14)6-12(9)16(18)19/h5-6,8,15H,2-4,7H2,1H3. The second-order valence-corrected chi connectivity index (χ2v) is 4.65. The maximum Gasteiger partial charge on any atom is 0.345 e. The summed E-state index contributed by atoms with van der Waals surface area (Å²) in [6, 6.07) is 1.90. The molecule has 0 aliphatic heterocycles. The Morgan fingerprint density at radius 2 is 2.25 bits per heavy atom. The average Bonchev–Trinajstić information content (AvgIpc) is 3.21. The molecule has 0 amide bonds. The molecule has 7 heteroatoms. The Hall–Kier alpha value is -2.18. The number of carbonyl (C=O) groups excluding carboxylic acids is 1. The quantitative estimate of drug-likeness (QED) is 0.493. The van der Waals surface area contributed by atoms with Crippen molar-refractivity contribution in [3.63, 3.8) is 0 Å². The molecular formula is C13H15FN2O4. The van der Waals surface area contributed by atoms with Gasteiger partial charge in [-0.05, 0) is 31.7 Å². The van der Waals surface area contributed by atoms with E-state index in [4.69, 9.17) is 4.74 Å². The van der Waals surface area contributed by atoms with Crippen LogP contribution in [0.4, 0.5) is 15.8 Å². The van der Waals surface area contributed by atoms with Gasteiger partial charge < -0.3 is 10.1 Å². The van der Waals surface area contributed by atoms with Crippen molar-refractivity contribution in [2.45, 2.75) is 19.8 Å². The molecule has 0 saturated heterocycles. The molecule has 1 N–H and O–H groups in total. The van der Waals surface area contributed by atoms with Gasteiger partial charge in [0.15, 0.2) is 5.82 Å². The Morgan fingerprint density at radius 1 is 1.55 bits per heavy atom. The topological polar surface area (TPSA) is 81.5 Å². The number of nitrogens with zero attached hydrogens (tertiary/aromatic N) is 1. The lowest BCUT2D eigenvalue weighted by Gasteiger charge is -2.09. The van der Waals surface area contributed by atoms with E-state index in [1.54, 1.807) is 6.92 Å². The van der Waals surface area contributed by atoms with E-state index >= 15 is 0 Å². The molecule has 2 rings (SSSR count). The monoisotopic (exact) mass is 282 g/mol. The molecule has 0 atom stereocenters. The van der Waals surface area contributed by atoms with Crippen molar-refractivity contribution in [1.82, 2.24) is 0 Å². The highest BCUT2D eigenvalue weighted by molar-refractivity contribution is 5.95. The van der Waals surface area contributed by atoms with Crippen molar-refractivity contribution >= 4 is 17.3 Å². The summed E-state index contributed by atoms with van der Waals surface area (Å²) < 4.78 is 18.5. The number of ether oxygens (including phenoxy) is 1. The number of hydrogen-bond donors (Lipinski definition) is 1. The second-order valence-electron chi connectivity index (χ2n) is 4.65. The predicted octanol–water partition coefficient (Wildman–Crippen LogP) is 2.73. The van der Waals surface area contributed by atoms with Gasteiger partial charge in [-0.3, -0.25) is 10.1 Å². The molecule has 0 heterocycles. The molecular weight excluding hydrogens is 267 g/mol. The van der Waals surface area contributed by atoms with Crippen molar-refractivity contribution in [2.75, 3.05) is 18.5 Å². The number of nitro benzene ring substituents is 1. The maximum atomic E-state index is 13.8. The molecule has 1 aliphatic rings. The van der Waals surface area contributed by atoms with Gasteiger partial charge in [0.1, 0.15) is 5.56 Å². The minimum Gasteiger partial charge on any atom is -0.462 e. The Labute approximate surface area is 115 Å². The molecule has 1 aromatic rings. The van der Waals surface area contributed by atoms with Crippen LogP contribution in [0.1, 0.15) is 30.1 Å². The summed E-state index contributed by atoms with van der Waals surface area (Å²) in [5.74, 6) is -1.06. The highest BCUT2D eigenvalue weighted by Crippen LogP contribution is 2.31. The van der Waals surface area contributed by atoms with Gasteiger partial charge >= 0.3 is 5.97 Å². The lowest BCUT2D eigenvalue weighted by molar-refractivity contribution is -0.385. The van der Waals surface area contributed by atoms with Gasteiger partial charge in [-0.25, -0.2) is 9.18 Å². The zero-order valence-electron chi connectivity index (χ0n) is 11.0. The molecule has 1 fully saturated rings. The summed E-state index contributed by atoms with van der Waals surface area (Å²) in [5.41, 5.74) is -0.736. The average molecular weight is 282 g/mol. The molecule has 6 nitrogen and oxygen atoms in total. The van der Waals surface area contributed by atoms with Crippen molar-refractivity contribution in [3.8, 4) is 0 Å². The van der Waals surface area contributed by atoms with Crippen LogP contribution in [-0.4, -0.2) is 24.0 Å². The number of hydrogen-bond acceptors (Lipinski definition) is 5. The second kappa shape index (κ2) is 5.85. The Kier molecular flexibility index (Phi) is 4.16. The number of carbonyl (C=O) groups is 1. The van der Waals surface area contributed by atoms with Crippen LogP contribution in [0.3, 0.4) is 0 Å². The van der Waals surface area contributed by atoms with Crippen molar-refractivity contribution < 1.29 is 18.8 Å². The first-order valence-corrected chi connectivity index (χ1v) is 6.41. The van der Waals surface area contributed by atoms with Crippen LogP contribution < -0.4 is 5.32 Å². The van der Waals surface area contributed by atoms with E-state index in [2.05, 4.69) is 5.32 Å². The molecule has 20 heavy (non-hydrogen) atoms. The highest BCUT2D eigenvalue weighted by Gasteiger charge is 2.26. The lowest BCUT2D eigenvalue weighted by Crippen LogP contribution is -2.11. The minimum absolute atomic E-state index is 0.0885. The summed E-state index contributed by atoms with van der Waals surface area (Å²) in [4.78, 5) is 21.8. The van der Waals surface area contributed by atoms with Crippen molar-refractivity contribution in [2.24, 2.45) is 5.92 Å².